The molecule has 19 heavy (non-hydrogen) atoms. The summed E-state index contributed by atoms with van der Waals surface area (Å²) in [6.07, 6.45) is 1.86. The lowest BCUT2D eigenvalue weighted by Crippen LogP contribution is -2.01. The van der Waals surface area contributed by atoms with Gasteiger partial charge in [-0.1, -0.05) is 18.2 Å². The number of nitrogens with zero attached hydrogens (tertiary/aromatic N) is 2. The zero-order valence-electron chi connectivity index (χ0n) is 10.4. The van der Waals surface area contributed by atoms with Gasteiger partial charge in [-0.2, -0.15) is 5.10 Å². The highest BCUT2D eigenvalue weighted by molar-refractivity contribution is 5.94. The predicted molar refractivity (Wildman–Crippen MR) is 71.8 cm³/mol. The van der Waals surface area contributed by atoms with Crippen LogP contribution in [0.2, 0.25) is 0 Å². The highest BCUT2D eigenvalue weighted by Gasteiger charge is 2.13. The number of benzene rings is 1. The first kappa shape index (κ1) is 11.5. The van der Waals surface area contributed by atoms with Gasteiger partial charge in [-0.3, -0.25) is 9.48 Å². The Morgan fingerprint density at radius 1 is 1.42 bits per heavy atom. The Morgan fingerprint density at radius 2 is 2.21 bits per heavy atom. The van der Waals surface area contributed by atoms with Gasteiger partial charge in [-0.05, 0) is 12.1 Å². The molecule has 5 heteroatoms. The van der Waals surface area contributed by atoms with Crippen molar-refractivity contribution < 1.29 is 9.90 Å². The summed E-state index contributed by atoms with van der Waals surface area (Å²) < 4.78 is 1.72. The summed E-state index contributed by atoms with van der Waals surface area (Å²) in [5.74, 6) is -0.872. The number of aliphatic carboxylic acids is 1. The topological polar surface area (TPSA) is 70.9 Å². The molecule has 0 saturated carbocycles. The predicted octanol–water partition coefficient (Wildman–Crippen LogP) is 2.20. The molecule has 2 heterocycles. The van der Waals surface area contributed by atoms with E-state index >= 15 is 0 Å². The number of hydrogen-bond acceptors (Lipinski definition) is 2. The molecule has 0 bridgehead atoms. The average Bonchev–Trinajstić information content (AvgIpc) is 2.92. The van der Waals surface area contributed by atoms with E-state index in [0.29, 0.717) is 5.69 Å². The van der Waals surface area contributed by atoms with E-state index in [1.54, 1.807) is 4.68 Å². The quantitative estimate of drug-likeness (QED) is 0.753. The third-order valence-electron chi connectivity index (χ3n) is 3.13. The zero-order valence-corrected chi connectivity index (χ0v) is 10.4. The number of carbonyl (C=O) groups is 1. The molecule has 3 rings (SSSR count). The van der Waals surface area contributed by atoms with Crippen LogP contribution in [0.1, 0.15) is 5.69 Å². The van der Waals surface area contributed by atoms with Crippen molar-refractivity contribution in [3.8, 4) is 11.3 Å². The Kier molecular flexibility index (Phi) is 2.59. The molecule has 0 amide bonds. The van der Waals surface area contributed by atoms with Crippen LogP contribution in [0, 0.1) is 0 Å². The first-order valence-corrected chi connectivity index (χ1v) is 5.96. The molecule has 0 aliphatic heterocycles. The summed E-state index contributed by atoms with van der Waals surface area (Å²) in [4.78, 5) is 13.9. The number of rotatable bonds is 3. The molecular weight excluding hydrogens is 242 g/mol. The summed E-state index contributed by atoms with van der Waals surface area (Å²) in [5, 5.41) is 14.2. The van der Waals surface area contributed by atoms with E-state index in [9.17, 15) is 4.79 Å². The van der Waals surface area contributed by atoms with Crippen molar-refractivity contribution in [2.75, 3.05) is 0 Å². The van der Waals surface area contributed by atoms with Gasteiger partial charge in [0, 0.05) is 29.7 Å². The van der Waals surface area contributed by atoms with Crippen molar-refractivity contribution in [3.63, 3.8) is 0 Å². The lowest BCUT2D eigenvalue weighted by atomic mass is 10.1. The lowest BCUT2D eigenvalue weighted by Gasteiger charge is -1.99. The number of carboxylic acids is 1. The molecule has 0 aliphatic rings. The van der Waals surface area contributed by atoms with Crippen LogP contribution in [0.3, 0.4) is 0 Å². The summed E-state index contributed by atoms with van der Waals surface area (Å²) in [7, 11) is 1.82. The molecule has 0 spiro atoms. The molecule has 0 fully saturated rings. The Bertz CT molecular complexity index is 755. The van der Waals surface area contributed by atoms with Crippen LogP contribution in [0.5, 0.6) is 0 Å². The molecule has 5 nitrogen and oxygen atoms in total. The van der Waals surface area contributed by atoms with E-state index in [1.807, 2.05) is 43.6 Å². The van der Waals surface area contributed by atoms with Crippen molar-refractivity contribution in [2.45, 2.75) is 6.42 Å². The van der Waals surface area contributed by atoms with Crippen molar-refractivity contribution in [2.24, 2.45) is 7.05 Å². The maximum atomic E-state index is 10.7. The van der Waals surface area contributed by atoms with Gasteiger partial charge in [-0.15, -0.1) is 0 Å². The van der Waals surface area contributed by atoms with E-state index < -0.39 is 5.97 Å². The minimum Gasteiger partial charge on any atom is -0.481 e. The number of para-hydroxylation sites is 1. The molecular formula is C14H13N3O2. The van der Waals surface area contributed by atoms with Crippen LogP contribution >= 0.6 is 0 Å². The SMILES string of the molecule is Cn1nc(CC(=O)O)cc1-c1c[nH]c2ccccc12. The minimum absolute atomic E-state index is 0.0593. The number of aromatic amines is 1. The molecule has 0 atom stereocenters. The summed E-state index contributed by atoms with van der Waals surface area (Å²) in [5.41, 5.74) is 3.56. The van der Waals surface area contributed by atoms with Gasteiger partial charge in [0.15, 0.2) is 0 Å². The van der Waals surface area contributed by atoms with Crippen molar-refractivity contribution in [1.82, 2.24) is 14.8 Å². The van der Waals surface area contributed by atoms with Crippen LogP contribution in [-0.4, -0.2) is 25.8 Å². The Balaban J connectivity index is 2.11. The van der Waals surface area contributed by atoms with Gasteiger partial charge < -0.3 is 10.1 Å². The van der Waals surface area contributed by atoms with E-state index in [-0.39, 0.29) is 6.42 Å². The summed E-state index contributed by atoms with van der Waals surface area (Å²) in [6, 6.07) is 9.82. The molecule has 96 valence electrons. The second kappa shape index (κ2) is 4.28. The smallest absolute Gasteiger partial charge is 0.309 e. The largest absolute Gasteiger partial charge is 0.481 e. The highest BCUT2D eigenvalue weighted by Crippen LogP contribution is 2.28. The van der Waals surface area contributed by atoms with Crippen LogP contribution in [0.4, 0.5) is 0 Å². The number of carboxylic acid groups (broad SMARTS) is 1. The molecule has 0 radical (unpaired) electrons. The maximum Gasteiger partial charge on any atom is 0.309 e. The molecule has 2 aromatic heterocycles. The van der Waals surface area contributed by atoms with E-state index in [2.05, 4.69) is 10.1 Å². The third kappa shape index (κ3) is 1.99. The first-order chi connectivity index (χ1) is 9.15. The van der Waals surface area contributed by atoms with Gasteiger partial charge in [0.05, 0.1) is 17.8 Å². The first-order valence-electron chi connectivity index (χ1n) is 5.96. The molecule has 0 saturated heterocycles. The van der Waals surface area contributed by atoms with Gasteiger partial charge in [-0.25, -0.2) is 0 Å². The number of H-pyrrole nitrogens is 1. The van der Waals surface area contributed by atoms with Crippen molar-refractivity contribution in [3.05, 3.63) is 42.2 Å². The number of nitrogens with one attached hydrogen (secondary N) is 1. The zero-order chi connectivity index (χ0) is 13.4. The van der Waals surface area contributed by atoms with Crippen LogP contribution in [-0.2, 0) is 18.3 Å². The van der Waals surface area contributed by atoms with Crippen LogP contribution in [0.15, 0.2) is 36.5 Å². The Hall–Kier alpha value is -2.56. The molecule has 2 N–H and O–H groups in total. The number of hydrogen-bond donors (Lipinski definition) is 2. The highest BCUT2D eigenvalue weighted by atomic mass is 16.4. The standard InChI is InChI=1S/C14H13N3O2/c1-17-13(6-9(16-17)7-14(18)19)11-8-15-12-5-3-2-4-10(11)12/h2-6,8,15H,7H2,1H3,(H,18,19). The second-order valence-electron chi connectivity index (χ2n) is 4.46. The van der Waals surface area contributed by atoms with Crippen LogP contribution in [0.25, 0.3) is 22.2 Å². The maximum absolute atomic E-state index is 10.7. The van der Waals surface area contributed by atoms with Gasteiger partial charge in [0.1, 0.15) is 0 Å². The molecule has 1 aromatic carbocycles. The monoisotopic (exact) mass is 255 g/mol. The number of aromatic nitrogens is 3. The van der Waals surface area contributed by atoms with E-state index in [1.165, 1.54) is 0 Å². The van der Waals surface area contributed by atoms with Gasteiger partial charge >= 0.3 is 5.97 Å². The summed E-state index contributed by atoms with van der Waals surface area (Å²) in [6.45, 7) is 0. The Labute approximate surface area is 109 Å². The molecule has 0 aliphatic carbocycles. The third-order valence-corrected chi connectivity index (χ3v) is 3.13. The fourth-order valence-corrected chi connectivity index (χ4v) is 2.30. The number of fused-ring (bicyclic) bond motifs is 1. The normalized spacial score (nSPS) is 11.0. The minimum atomic E-state index is -0.872. The molecule has 0 unspecified atom stereocenters. The Morgan fingerprint density at radius 3 is 3.00 bits per heavy atom. The average molecular weight is 255 g/mol. The fourth-order valence-electron chi connectivity index (χ4n) is 2.30. The second-order valence-corrected chi connectivity index (χ2v) is 4.46. The lowest BCUT2D eigenvalue weighted by molar-refractivity contribution is -0.136. The fraction of sp³-hybridized carbons (Fsp3) is 0.143. The van der Waals surface area contributed by atoms with Crippen molar-refractivity contribution >= 4 is 16.9 Å². The van der Waals surface area contributed by atoms with Crippen LogP contribution < -0.4 is 0 Å². The number of aryl methyl sites for hydroxylation is 1. The molecule has 3 aromatic rings. The van der Waals surface area contributed by atoms with Crippen molar-refractivity contribution in [1.29, 1.82) is 0 Å². The van der Waals surface area contributed by atoms with Gasteiger partial charge in [0.2, 0.25) is 0 Å². The summed E-state index contributed by atoms with van der Waals surface area (Å²) >= 11 is 0. The van der Waals surface area contributed by atoms with Gasteiger partial charge in [0.25, 0.3) is 0 Å². The van der Waals surface area contributed by atoms with E-state index in [4.69, 9.17) is 5.11 Å². The van der Waals surface area contributed by atoms with E-state index in [0.717, 1.165) is 22.2 Å².